The van der Waals surface area contributed by atoms with Crippen LogP contribution in [0.1, 0.15) is 43.3 Å². The topological polar surface area (TPSA) is 51.0 Å². The summed E-state index contributed by atoms with van der Waals surface area (Å²) in [6.45, 7) is 0.666. The maximum atomic E-state index is 5.09. The number of hydrogen-bond acceptors (Lipinski definition) is 4. The fourth-order valence-corrected chi connectivity index (χ4v) is 1.84. The molecule has 0 bridgehead atoms. The molecule has 0 saturated heterocycles. The van der Waals surface area contributed by atoms with E-state index in [9.17, 15) is 0 Å². The number of halogens is 1. The van der Waals surface area contributed by atoms with Gasteiger partial charge in [-0.15, -0.1) is 12.4 Å². The van der Waals surface area contributed by atoms with Gasteiger partial charge in [-0.3, -0.25) is 0 Å². The first-order valence-corrected chi connectivity index (χ1v) is 4.87. The van der Waals surface area contributed by atoms with Crippen molar-refractivity contribution < 1.29 is 4.52 Å². The Balaban J connectivity index is 0.000000980. The molecule has 1 aliphatic carbocycles. The minimum absolute atomic E-state index is 0. The molecule has 4 nitrogen and oxygen atoms in total. The summed E-state index contributed by atoms with van der Waals surface area (Å²) in [5, 5.41) is 6.98. The molecule has 0 atom stereocenters. The monoisotopic (exact) mass is 217 g/mol. The van der Waals surface area contributed by atoms with Crippen molar-refractivity contribution in [2.24, 2.45) is 0 Å². The van der Waals surface area contributed by atoms with E-state index >= 15 is 0 Å². The quantitative estimate of drug-likeness (QED) is 0.840. The molecule has 0 unspecified atom stereocenters. The van der Waals surface area contributed by atoms with Crippen LogP contribution in [0, 0.1) is 0 Å². The number of nitrogens with one attached hydrogen (secondary N) is 1. The summed E-state index contributed by atoms with van der Waals surface area (Å²) in [5.74, 6) is 2.15. The second kappa shape index (κ2) is 5.32. The summed E-state index contributed by atoms with van der Waals surface area (Å²) >= 11 is 0. The van der Waals surface area contributed by atoms with Gasteiger partial charge in [0.1, 0.15) is 0 Å². The van der Waals surface area contributed by atoms with E-state index in [0.717, 1.165) is 5.82 Å². The van der Waals surface area contributed by atoms with Crippen molar-refractivity contribution >= 4 is 12.4 Å². The Hall–Kier alpha value is -0.610. The number of nitrogens with zero attached hydrogens (tertiary/aromatic N) is 2. The van der Waals surface area contributed by atoms with E-state index in [1.165, 1.54) is 25.7 Å². The van der Waals surface area contributed by atoms with Gasteiger partial charge in [-0.05, 0) is 19.9 Å². The zero-order valence-corrected chi connectivity index (χ0v) is 9.14. The van der Waals surface area contributed by atoms with Crippen LogP contribution in [0.4, 0.5) is 0 Å². The Morgan fingerprint density at radius 2 is 2.14 bits per heavy atom. The first-order chi connectivity index (χ1) is 6.40. The fourth-order valence-electron chi connectivity index (χ4n) is 1.84. The zero-order chi connectivity index (χ0) is 9.10. The molecule has 80 valence electrons. The molecule has 2 rings (SSSR count). The molecule has 0 aromatic carbocycles. The third-order valence-corrected chi connectivity index (χ3v) is 2.53. The molecule has 0 radical (unpaired) electrons. The van der Waals surface area contributed by atoms with Crippen LogP contribution in [0.5, 0.6) is 0 Å². The lowest BCUT2D eigenvalue weighted by molar-refractivity contribution is 0.364. The predicted octanol–water partition coefficient (Wildman–Crippen LogP) is 1.87. The van der Waals surface area contributed by atoms with Gasteiger partial charge in [-0.1, -0.05) is 18.0 Å². The molecule has 0 aliphatic heterocycles. The largest absolute Gasteiger partial charge is 0.338 e. The van der Waals surface area contributed by atoms with Crippen LogP contribution in [-0.4, -0.2) is 17.2 Å². The van der Waals surface area contributed by atoms with E-state index in [4.69, 9.17) is 4.52 Å². The van der Waals surface area contributed by atoms with Crippen LogP contribution in [0.15, 0.2) is 4.52 Å². The Kier molecular flexibility index (Phi) is 4.35. The maximum absolute atomic E-state index is 5.09. The first kappa shape index (κ1) is 11.5. The standard InChI is InChI=1S/C9H15N3O.ClH/c1-10-6-8-11-9(12-13-8)7-4-2-3-5-7;/h7,10H,2-6H2,1H3;1H. The van der Waals surface area contributed by atoms with Gasteiger partial charge >= 0.3 is 0 Å². The smallest absolute Gasteiger partial charge is 0.240 e. The lowest BCUT2D eigenvalue weighted by atomic mass is 10.1. The molecule has 1 aromatic rings. The van der Waals surface area contributed by atoms with Gasteiger partial charge in [-0.2, -0.15) is 4.98 Å². The number of aromatic nitrogens is 2. The number of rotatable bonds is 3. The Bertz CT molecular complexity index is 271. The van der Waals surface area contributed by atoms with Gasteiger partial charge < -0.3 is 9.84 Å². The summed E-state index contributed by atoms with van der Waals surface area (Å²) in [6.07, 6.45) is 5.05. The summed E-state index contributed by atoms with van der Waals surface area (Å²) in [7, 11) is 1.87. The molecule has 1 aliphatic rings. The van der Waals surface area contributed by atoms with Gasteiger partial charge in [0, 0.05) is 5.92 Å². The van der Waals surface area contributed by atoms with Crippen molar-refractivity contribution in [3.05, 3.63) is 11.7 Å². The second-order valence-electron chi connectivity index (χ2n) is 3.56. The van der Waals surface area contributed by atoms with Crippen LogP contribution in [0.3, 0.4) is 0 Å². The van der Waals surface area contributed by atoms with E-state index in [1.807, 2.05) is 7.05 Å². The van der Waals surface area contributed by atoms with E-state index in [1.54, 1.807) is 0 Å². The minimum atomic E-state index is 0. The lowest BCUT2D eigenvalue weighted by Gasteiger charge is -1.99. The lowest BCUT2D eigenvalue weighted by Crippen LogP contribution is -2.05. The Morgan fingerprint density at radius 1 is 1.43 bits per heavy atom. The molecule has 1 saturated carbocycles. The third kappa shape index (κ3) is 2.45. The SMILES string of the molecule is CNCc1nc(C2CCCC2)no1.Cl. The second-order valence-corrected chi connectivity index (χ2v) is 3.56. The molecular formula is C9H16ClN3O. The molecule has 1 N–H and O–H groups in total. The van der Waals surface area contributed by atoms with Crippen molar-refractivity contribution in [1.29, 1.82) is 0 Å². The molecular weight excluding hydrogens is 202 g/mol. The predicted molar refractivity (Wildman–Crippen MR) is 55.5 cm³/mol. The minimum Gasteiger partial charge on any atom is -0.338 e. The van der Waals surface area contributed by atoms with Crippen molar-refractivity contribution in [1.82, 2.24) is 15.5 Å². The van der Waals surface area contributed by atoms with Gasteiger partial charge in [0.05, 0.1) is 6.54 Å². The summed E-state index contributed by atoms with van der Waals surface area (Å²) in [4.78, 5) is 4.34. The van der Waals surface area contributed by atoms with E-state index < -0.39 is 0 Å². The Morgan fingerprint density at radius 3 is 2.79 bits per heavy atom. The highest BCUT2D eigenvalue weighted by Crippen LogP contribution is 2.32. The highest BCUT2D eigenvalue weighted by Gasteiger charge is 2.21. The number of hydrogen-bond donors (Lipinski definition) is 1. The van der Waals surface area contributed by atoms with E-state index in [-0.39, 0.29) is 12.4 Å². The highest BCUT2D eigenvalue weighted by atomic mass is 35.5. The molecule has 1 heterocycles. The van der Waals surface area contributed by atoms with Crippen molar-refractivity contribution in [3.8, 4) is 0 Å². The van der Waals surface area contributed by atoms with Crippen molar-refractivity contribution in [2.75, 3.05) is 7.05 Å². The summed E-state index contributed by atoms with van der Waals surface area (Å²) in [6, 6.07) is 0. The van der Waals surface area contributed by atoms with Crippen LogP contribution in [0.2, 0.25) is 0 Å². The van der Waals surface area contributed by atoms with Gasteiger partial charge in [-0.25, -0.2) is 0 Å². The Labute approximate surface area is 89.9 Å². The van der Waals surface area contributed by atoms with Crippen LogP contribution >= 0.6 is 12.4 Å². The average molecular weight is 218 g/mol. The van der Waals surface area contributed by atoms with E-state index in [2.05, 4.69) is 15.5 Å². The van der Waals surface area contributed by atoms with Crippen molar-refractivity contribution in [2.45, 2.75) is 38.1 Å². The van der Waals surface area contributed by atoms with Gasteiger partial charge in [0.25, 0.3) is 0 Å². The van der Waals surface area contributed by atoms with Crippen LogP contribution in [-0.2, 0) is 6.54 Å². The molecule has 5 heteroatoms. The van der Waals surface area contributed by atoms with Gasteiger partial charge in [0.2, 0.25) is 5.89 Å². The zero-order valence-electron chi connectivity index (χ0n) is 8.32. The normalized spacial score (nSPS) is 16.9. The third-order valence-electron chi connectivity index (χ3n) is 2.53. The highest BCUT2D eigenvalue weighted by molar-refractivity contribution is 5.85. The van der Waals surface area contributed by atoms with Crippen LogP contribution < -0.4 is 5.32 Å². The molecule has 0 amide bonds. The first-order valence-electron chi connectivity index (χ1n) is 4.87. The summed E-state index contributed by atoms with van der Waals surface area (Å²) < 4.78 is 5.09. The molecule has 0 spiro atoms. The average Bonchev–Trinajstić information content (AvgIpc) is 2.70. The fraction of sp³-hybridized carbons (Fsp3) is 0.778. The maximum Gasteiger partial charge on any atom is 0.240 e. The molecule has 1 fully saturated rings. The summed E-state index contributed by atoms with van der Waals surface area (Å²) in [5.41, 5.74) is 0. The van der Waals surface area contributed by atoms with Crippen LogP contribution in [0.25, 0.3) is 0 Å². The van der Waals surface area contributed by atoms with E-state index in [0.29, 0.717) is 18.4 Å². The van der Waals surface area contributed by atoms with Crippen molar-refractivity contribution in [3.63, 3.8) is 0 Å². The molecule has 1 aromatic heterocycles. The molecule has 14 heavy (non-hydrogen) atoms. The van der Waals surface area contributed by atoms with Gasteiger partial charge in [0.15, 0.2) is 5.82 Å².